The molecule has 312 valence electrons. The molecule has 2 aromatic carbocycles. The van der Waals surface area contributed by atoms with Crippen molar-refractivity contribution >= 4 is 33.5 Å². The number of nitrogens with one attached hydrogen (secondary N) is 1. The van der Waals surface area contributed by atoms with Gasteiger partial charge in [0.05, 0.1) is 38.0 Å². The molecule has 0 aromatic heterocycles. The summed E-state index contributed by atoms with van der Waals surface area (Å²) in [6.45, 7) is 9.67. The maximum Gasteiger partial charge on any atom is 0.406 e. The quantitative estimate of drug-likeness (QED) is 0.219. The number of benzene rings is 2. The van der Waals surface area contributed by atoms with Gasteiger partial charge >= 0.3 is 12.1 Å². The van der Waals surface area contributed by atoms with E-state index in [0.717, 1.165) is 69.4 Å². The zero-order chi connectivity index (χ0) is 41.0. The fourth-order valence-electron chi connectivity index (χ4n) is 10.2. The number of nitrogens with zero attached hydrogens (tertiary/aromatic N) is 3. The summed E-state index contributed by atoms with van der Waals surface area (Å²) < 4.78 is 73.3. The van der Waals surface area contributed by atoms with Gasteiger partial charge in [0.15, 0.2) is 9.84 Å². The lowest BCUT2D eigenvalue weighted by molar-refractivity contribution is -0.142. The topological polar surface area (TPSA) is 135 Å². The highest BCUT2D eigenvalue weighted by Crippen LogP contribution is 2.53. The van der Waals surface area contributed by atoms with E-state index in [4.69, 9.17) is 14.2 Å². The lowest BCUT2D eigenvalue weighted by Crippen LogP contribution is -2.61. The van der Waals surface area contributed by atoms with Gasteiger partial charge in [-0.2, -0.15) is 0 Å². The van der Waals surface area contributed by atoms with Gasteiger partial charge in [-0.15, -0.1) is 0 Å². The number of sulfone groups is 1. The van der Waals surface area contributed by atoms with Gasteiger partial charge in [0.1, 0.15) is 16.9 Å². The maximum absolute atomic E-state index is 15.7. The molecule has 0 bridgehead atoms. The SMILES string of the molecule is C=CC(=O)N1CCOC[C@@H](S(=O)(=O)c2ccc(N3CC(C)(CN4CCC([C@@](CNC(=O)OC)(c5cccc(F)c5)[C@H]5CCC[C@@H]5CC(=O)OC)CC4)C3)c(F)c2)C1. The molecule has 57 heavy (non-hydrogen) atoms. The smallest absolute Gasteiger partial charge is 0.406 e. The number of likely N-dealkylation sites (tertiary alicyclic amines) is 1. The van der Waals surface area contributed by atoms with Crippen molar-refractivity contribution in [3.05, 3.63) is 72.3 Å². The van der Waals surface area contributed by atoms with Crippen molar-refractivity contribution in [1.82, 2.24) is 15.1 Å². The largest absolute Gasteiger partial charge is 0.469 e. The molecule has 1 aliphatic carbocycles. The minimum absolute atomic E-state index is 0.00209. The van der Waals surface area contributed by atoms with Crippen molar-refractivity contribution in [2.24, 2.45) is 23.2 Å². The van der Waals surface area contributed by atoms with Crippen LogP contribution in [0, 0.1) is 34.8 Å². The van der Waals surface area contributed by atoms with E-state index in [1.54, 1.807) is 12.1 Å². The van der Waals surface area contributed by atoms with Crippen molar-refractivity contribution in [3.8, 4) is 0 Å². The predicted octanol–water partition coefficient (Wildman–Crippen LogP) is 4.96. The number of hydrogen-bond acceptors (Lipinski definition) is 10. The average molecular weight is 815 g/mol. The van der Waals surface area contributed by atoms with Crippen LogP contribution >= 0.6 is 0 Å². The Morgan fingerprint density at radius 2 is 1.79 bits per heavy atom. The Hall–Kier alpha value is -4.08. The van der Waals surface area contributed by atoms with Gasteiger partial charge < -0.3 is 34.2 Å². The molecule has 4 fully saturated rings. The summed E-state index contributed by atoms with van der Waals surface area (Å²) in [5.74, 6) is -1.56. The molecular weight excluding hydrogens is 759 g/mol. The molecule has 1 N–H and O–H groups in total. The number of carbonyl (C=O) groups excluding carboxylic acids is 3. The number of amides is 2. The molecule has 0 spiro atoms. The van der Waals surface area contributed by atoms with Crippen LogP contribution < -0.4 is 10.2 Å². The first-order valence-corrected chi connectivity index (χ1v) is 21.4. The van der Waals surface area contributed by atoms with E-state index < -0.39 is 32.4 Å². The van der Waals surface area contributed by atoms with E-state index in [-0.39, 0.29) is 85.0 Å². The molecule has 4 aliphatic rings. The third kappa shape index (κ3) is 9.15. The van der Waals surface area contributed by atoms with Crippen LogP contribution in [-0.2, 0) is 39.1 Å². The highest BCUT2D eigenvalue weighted by molar-refractivity contribution is 7.92. The number of esters is 1. The molecule has 1 saturated carbocycles. The Morgan fingerprint density at radius 1 is 1.04 bits per heavy atom. The summed E-state index contributed by atoms with van der Waals surface area (Å²) in [4.78, 5) is 43.0. The average Bonchev–Trinajstić information content (AvgIpc) is 3.49. The number of anilines is 1. The van der Waals surface area contributed by atoms with Gasteiger partial charge in [0.2, 0.25) is 5.91 Å². The summed E-state index contributed by atoms with van der Waals surface area (Å²) in [6, 6.07) is 10.7. The van der Waals surface area contributed by atoms with Crippen LogP contribution in [0.2, 0.25) is 0 Å². The fourth-order valence-corrected chi connectivity index (χ4v) is 11.7. The first-order chi connectivity index (χ1) is 27.2. The Labute approximate surface area is 334 Å². The van der Waals surface area contributed by atoms with E-state index in [1.165, 1.54) is 37.3 Å². The molecule has 6 rings (SSSR count). The summed E-state index contributed by atoms with van der Waals surface area (Å²) in [6.07, 6.45) is 5.01. The molecule has 0 radical (unpaired) electrons. The number of carbonyl (C=O) groups is 3. The molecule has 2 amide bonds. The third-order valence-corrected chi connectivity index (χ3v) is 14.9. The summed E-state index contributed by atoms with van der Waals surface area (Å²) in [5.41, 5.74) is 0.347. The van der Waals surface area contributed by atoms with Crippen LogP contribution in [0.4, 0.5) is 19.3 Å². The monoisotopic (exact) mass is 814 g/mol. The zero-order valence-corrected chi connectivity index (χ0v) is 34.0. The Kier molecular flexibility index (Phi) is 13.3. The molecule has 3 saturated heterocycles. The van der Waals surface area contributed by atoms with Crippen LogP contribution in [0.25, 0.3) is 0 Å². The summed E-state index contributed by atoms with van der Waals surface area (Å²) in [5, 5.41) is 1.94. The number of halogens is 2. The third-order valence-electron chi connectivity index (χ3n) is 12.9. The minimum Gasteiger partial charge on any atom is -0.469 e. The van der Waals surface area contributed by atoms with E-state index >= 15 is 4.39 Å². The molecule has 3 heterocycles. The van der Waals surface area contributed by atoms with Crippen molar-refractivity contribution < 1.29 is 45.8 Å². The minimum atomic E-state index is -4.00. The van der Waals surface area contributed by atoms with Crippen LogP contribution in [0.5, 0.6) is 0 Å². The van der Waals surface area contributed by atoms with Crippen LogP contribution in [0.3, 0.4) is 0 Å². The Morgan fingerprint density at radius 3 is 2.46 bits per heavy atom. The molecule has 3 aliphatic heterocycles. The molecule has 4 atom stereocenters. The van der Waals surface area contributed by atoms with E-state index in [1.807, 2.05) is 11.0 Å². The van der Waals surface area contributed by atoms with Crippen LogP contribution in [0.1, 0.15) is 51.0 Å². The molecule has 2 aromatic rings. The van der Waals surface area contributed by atoms with Crippen molar-refractivity contribution in [3.63, 3.8) is 0 Å². The van der Waals surface area contributed by atoms with Gasteiger partial charge in [-0.25, -0.2) is 22.0 Å². The summed E-state index contributed by atoms with van der Waals surface area (Å²) in [7, 11) is -1.29. The number of methoxy groups -OCH3 is 2. The first kappa shape index (κ1) is 42.5. The lowest BCUT2D eigenvalue weighted by atomic mass is 9.57. The highest BCUT2D eigenvalue weighted by Gasteiger charge is 2.52. The van der Waals surface area contributed by atoms with Gasteiger partial charge in [0.25, 0.3) is 0 Å². The first-order valence-electron chi connectivity index (χ1n) is 19.9. The Bertz CT molecular complexity index is 1900. The Balaban J connectivity index is 1.13. The van der Waals surface area contributed by atoms with Crippen LogP contribution in [-0.4, -0.2) is 121 Å². The second kappa shape index (κ2) is 17.8. The van der Waals surface area contributed by atoms with Gasteiger partial charge in [0, 0.05) is 56.5 Å². The van der Waals surface area contributed by atoms with Gasteiger partial charge in [-0.1, -0.05) is 32.1 Å². The standard InChI is InChI=1S/C42H56F2N4O8S/c1-5-38(49)47-18-19-56-24-34(23-47)57(52,53)33-12-13-37(36(44)22-33)48-27-41(2,28-48)26-46-16-14-30(15-17-46)42(25-45-40(51)55-4,31-9-7-10-32(43)21-31)35-11-6-8-29(35)20-39(50)54-3/h5,7,9-10,12-13,21-22,29-30,34-35H,1,6,8,11,14-20,23-28H2,2-4H3,(H,45,51)/t29-,34+,35+,42+/m1/s1. The normalized spacial score (nSPS) is 24.1. The second-order valence-electron chi connectivity index (χ2n) is 16.5. The van der Waals surface area contributed by atoms with Crippen molar-refractivity contribution in [2.45, 2.75) is 61.0 Å². The number of piperidine rings is 1. The molecule has 15 heteroatoms. The van der Waals surface area contributed by atoms with E-state index in [9.17, 15) is 27.2 Å². The number of alkyl carbamates (subject to hydrolysis) is 1. The van der Waals surface area contributed by atoms with Crippen molar-refractivity contribution in [2.75, 3.05) is 84.7 Å². The zero-order valence-electron chi connectivity index (χ0n) is 33.2. The molecule has 12 nitrogen and oxygen atoms in total. The van der Waals surface area contributed by atoms with Gasteiger partial charge in [-0.05, 0) is 98.5 Å². The summed E-state index contributed by atoms with van der Waals surface area (Å²) >= 11 is 0. The second-order valence-corrected chi connectivity index (χ2v) is 18.8. The van der Waals surface area contributed by atoms with Crippen LogP contribution in [0.15, 0.2) is 60.0 Å². The highest BCUT2D eigenvalue weighted by atomic mass is 32.2. The van der Waals surface area contributed by atoms with Crippen molar-refractivity contribution in [1.29, 1.82) is 0 Å². The molecular formula is C42H56F2N4O8S. The lowest BCUT2D eigenvalue weighted by Gasteiger charge is -2.54. The molecule has 0 unspecified atom stereocenters. The van der Waals surface area contributed by atoms with E-state index in [0.29, 0.717) is 18.8 Å². The number of hydrogen-bond donors (Lipinski definition) is 1. The number of ether oxygens (including phenoxy) is 3. The predicted molar refractivity (Wildman–Crippen MR) is 210 cm³/mol. The number of rotatable bonds is 13. The van der Waals surface area contributed by atoms with Gasteiger partial charge in [-0.3, -0.25) is 9.59 Å². The van der Waals surface area contributed by atoms with E-state index in [2.05, 4.69) is 23.7 Å². The maximum atomic E-state index is 15.7. The fraction of sp³-hybridized carbons (Fsp3) is 0.595.